The third-order valence-corrected chi connectivity index (χ3v) is 3.59. The van der Waals surface area contributed by atoms with Crippen LogP contribution in [0.1, 0.15) is 5.69 Å². The van der Waals surface area contributed by atoms with Crippen molar-refractivity contribution in [2.45, 2.75) is 6.92 Å². The van der Waals surface area contributed by atoms with Gasteiger partial charge >= 0.3 is 5.69 Å². The minimum Gasteiger partial charge on any atom is -0.245 e. The fraction of sp³-hybridized carbons (Fsp3) is 0.125. The molecule has 15 heavy (non-hydrogen) atoms. The lowest BCUT2D eigenvalue weighted by Gasteiger charge is -2.04. The number of aryl methyl sites for hydroxylation is 1. The first kappa shape index (κ1) is 11.2. The summed E-state index contributed by atoms with van der Waals surface area (Å²) >= 11 is 3.70. The Balaban J connectivity index is 3.04. The number of aromatic nitrogens is 3. The first-order valence-corrected chi connectivity index (χ1v) is 5.96. The fourth-order valence-corrected chi connectivity index (χ4v) is 2.23. The Labute approximate surface area is 112 Å². The Morgan fingerprint density at radius 1 is 1.47 bits per heavy atom. The van der Waals surface area contributed by atoms with Crippen molar-refractivity contribution in [1.82, 2.24) is 12.7 Å². The van der Waals surface area contributed by atoms with Gasteiger partial charge in [-0.3, -0.25) is 0 Å². The van der Waals surface area contributed by atoms with Crippen LogP contribution < -0.4 is 5.69 Å². The van der Waals surface area contributed by atoms with Gasteiger partial charge in [-0.05, 0) is 35.6 Å². The number of halogens is 3. The summed E-state index contributed by atoms with van der Waals surface area (Å²) in [6.07, 6.45) is 0. The highest BCUT2D eigenvalue weighted by atomic mass is 127. The van der Waals surface area contributed by atoms with Gasteiger partial charge in [-0.25, -0.2) is 16.9 Å². The van der Waals surface area contributed by atoms with E-state index in [4.69, 9.17) is 0 Å². The highest BCUT2D eigenvalue weighted by molar-refractivity contribution is 14.1. The molecule has 0 saturated carbocycles. The summed E-state index contributed by atoms with van der Waals surface area (Å²) in [6.45, 7) is 1.56. The van der Waals surface area contributed by atoms with Crippen LogP contribution in [0.4, 0.5) is 4.39 Å². The third-order valence-electron chi connectivity index (χ3n) is 1.90. The number of pyridine rings is 1. The molecule has 0 amide bonds. The molecule has 0 aliphatic carbocycles. The summed E-state index contributed by atoms with van der Waals surface area (Å²) in [6, 6.07) is 1.35. The van der Waals surface area contributed by atoms with E-state index in [2.05, 4.69) is 9.97 Å². The van der Waals surface area contributed by atoms with Crippen molar-refractivity contribution >= 4 is 56.5 Å². The zero-order chi connectivity index (χ0) is 11.2. The first-order valence-electron chi connectivity index (χ1n) is 3.92. The summed E-state index contributed by atoms with van der Waals surface area (Å²) < 4.78 is 15.0. The Morgan fingerprint density at radius 3 is 2.80 bits per heavy atom. The van der Waals surface area contributed by atoms with Crippen LogP contribution in [0.15, 0.2) is 10.9 Å². The van der Waals surface area contributed by atoms with Gasteiger partial charge in [0.2, 0.25) is 0 Å². The van der Waals surface area contributed by atoms with Crippen molar-refractivity contribution in [3.63, 3.8) is 0 Å². The van der Waals surface area contributed by atoms with E-state index in [1.165, 1.54) is 8.85 Å². The molecule has 2 aromatic heterocycles. The maximum atomic E-state index is 13.3. The maximum Gasteiger partial charge on any atom is 0.359 e. The van der Waals surface area contributed by atoms with E-state index in [1.807, 2.05) is 22.6 Å². The van der Waals surface area contributed by atoms with Crippen molar-refractivity contribution in [1.29, 1.82) is 0 Å². The van der Waals surface area contributed by atoms with Gasteiger partial charge in [0.15, 0.2) is 5.65 Å². The molecule has 2 rings (SSSR count). The van der Waals surface area contributed by atoms with Crippen molar-refractivity contribution in [2.75, 3.05) is 0 Å². The Bertz CT molecular complexity index is 611. The van der Waals surface area contributed by atoms with Crippen LogP contribution in [0.3, 0.4) is 0 Å². The average molecular weight is 431 g/mol. The maximum absolute atomic E-state index is 13.3. The molecule has 4 nitrogen and oxygen atoms in total. The number of rotatable bonds is 0. The summed E-state index contributed by atoms with van der Waals surface area (Å²) in [5.41, 5.74) is 0.319. The molecule has 0 saturated heterocycles. The van der Waals surface area contributed by atoms with Gasteiger partial charge in [0, 0.05) is 0 Å². The average Bonchev–Trinajstić information content (AvgIpc) is 2.18. The first-order chi connectivity index (χ1) is 7.00. The van der Waals surface area contributed by atoms with Crippen LogP contribution in [0.25, 0.3) is 11.0 Å². The van der Waals surface area contributed by atoms with E-state index in [0.29, 0.717) is 14.7 Å². The number of fused-ring (bicyclic) bond motifs is 1. The molecule has 0 atom stereocenters. The molecule has 0 fully saturated rings. The number of nitrogens with zero attached hydrogens (tertiary/aromatic N) is 3. The van der Waals surface area contributed by atoms with E-state index in [1.54, 1.807) is 29.8 Å². The lowest BCUT2D eigenvalue weighted by molar-refractivity contribution is 0.612. The topological polar surface area (TPSA) is 47.8 Å². The Morgan fingerprint density at radius 2 is 2.13 bits per heavy atom. The normalized spacial score (nSPS) is 10.9. The molecular formula is C8H4FI2N3O. The van der Waals surface area contributed by atoms with Crippen molar-refractivity contribution in [2.24, 2.45) is 0 Å². The molecular weight excluding hydrogens is 427 g/mol. The smallest absolute Gasteiger partial charge is 0.245 e. The van der Waals surface area contributed by atoms with E-state index in [0.717, 1.165) is 0 Å². The quantitative estimate of drug-likeness (QED) is 0.474. The molecule has 0 aliphatic heterocycles. The highest BCUT2D eigenvalue weighted by Crippen LogP contribution is 2.19. The van der Waals surface area contributed by atoms with Gasteiger partial charge in [0.25, 0.3) is 0 Å². The standard InChI is InChI=1S/C8H4FI2N3O/c1-3-5(9)2-4-6(10)13-8(15)14(11)7(4)12-3/h2H,1H3. The SMILES string of the molecule is Cc1nc2c(cc1F)c(I)nc(=O)n2I. The van der Waals surface area contributed by atoms with Crippen molar-refractivity contribution < 1.29 is 4.39 Å². The molecule has 0 unspecified atom stereocenters. The summed E-state index contributed by atoms with van der Waals surface area (Å²) in [7, 11) is 0. The molecule has 0 bridgehead atoms. The molecule has 2 aromatic rings. The molecule has 0 N–H and O–H groups in total. The minimum absolute atomic E-state index is 0.273. The predicted octanol–water partition coefficient (Wildman–Crippen LogP) is 2.04. The largest absolute Gasteiger partial charge is 0.359 e. The van der Waals surface area contributed by atoms with Crippen LogP contribution in [0.2, 0.25) is 0 Å². The van der Waals surface area contributed by atoms with Crippen LogP contribution in [-0.2, 0) is 0 Å². The van der Waals surface area contributed by atoms with Gasteiger partial charge in [-0.1, -0.05) is 0 Å². The van der Waals surface area contributed by atoms with Crippen LogP contribution >= 0.6 is 45.5 Å². The predicted molar refractivity (Wildman–Crippen MR) is 70.6 cm³/mol. The monoisotopic (exact) mass is 431 g/mol. The number of hydrogen-bond donors (Lipinski definition) is 0. The molecule has 0 radical (unpaired) electrons. The molecule has 0 spiro atoms. The van der Waals surface area contributed by atoms with Gasteiger partial charge in [0.1, 0.15) is 9.52 Å². The highest BCUT2D eigenvalue weighted by Gasteiger charge is 2.11. The van der Waals surface area contributed by atoms with Gasteiger partial charge in [0.05, 0.1) is 33.9 Å². The molecule has 0 aliphatic rings. The molecule has 78 valence electrons. The van der Waals surface area contributed by atoms with Gasteiger partial charge < -0.3 is 0 Å². The lowest BCUT2D eigenvalue weighted by Crippen LogP contribution is -2.18. The minimum atomic E-state index is -0.397. The lowest BCUT2D eigenvalue weighted by atomic mass is 10.3. The summed E-state index contributed by atoms with van der Waals surface area (Å²) in [5.74, 6) is -0.391. The second-order valence-electron chi connectivity index (χ2n) is 2.89. The molecule has 0 aromatic carbocycles. The Hall–Kier alpha value is -0.320. The molecule has 7 heteroatoms. The summed E-state index contributed by atoms with van der Waals surface area (Å²) in [5, 5.41) is 0.549. The van der Waals surface area contributed by atoms with Crippen molar-refractivity contribution in [3.05, 3.63) is 31.8 Å². The van der Waals surface area contributed by atoms with Gasteiger partial charge in [-0.2, -0.15) is 4.98 Å². The Kier molecular flexibility index (Phi) is 2.92. The second-order valence-corrected chi connectivity index (χ2v) is 4.88. The van der Waals surface area contributed by atoms with E-state index < -0.39 is 11.5 Å². The zero-order valence-electron chi connectivity index (χ0n) is 7.46. The third kappa shape index (κ3) is 1.86. The van der Waals surface area contributed by atoms with E-state index in [-0.39, 0.29) is 5.69 Å². The van der Waals surface area contributed by atoms with Crippen LogP contribution in [0, 0.1) is 16.4 Å². The van der Waals surface area contributed by atoms with Crippen molar-refractivity contribution in [3.8, 4) is 0 Å². The second kappa shape index (κ2) is 3.92. The molecule has 2 heterocycles. The van der Waals surface area contributed by atoms with E-state index >= 15 is 0 Å². The number of hydrogen-bond acceptors (Lipinski definition) is 3. The zero-order valence-corrected chi connectivity index (χ0v) is 11.8. The van der Waals surface area contributed by atoms with Crippen LogP contribution in [-0.4, -0.2) is 12.7 Å². The van der Waals surface area contributed by atoms with E-state index in [9.17, 15) is 9.18 Å². The summed E-state index contributed by atoms with van der Waals surface area (Å²) in [4.78, 5) is 19.1. The van der Waals surface area contributed by atoms with Gasteiger partial charge in [-0.15, -0.1) is 0 Å². The fourth-order valence-electron chi connectivity index (χ4n) is 1.15. The van der Waals surface area contributed by atoms with Crippen LogP contribution in [0.5, 0.6) is 0 Å².